The lowest BCUT2D eigenvalue weighted by atomic mass is 10.1. The fourth-order valence-electron chi connectivity index (χ4n) is 2.54. The summed E-state index contributed by atoms with van der Waals surface area (Å²) in [5, 5.41) is 6.21. The Balaban J connectivity index is 1.62. The molecule has 0 saturated heterocycles. The zero-order chi connectivity index (χ0) is 18.0. The number of anilines is 1. The summed E-state index contributed by atoms with van der Waals surface area (Å²) in [5.41, 5.74) is 7.48. The largest absolute Gasteiger partial charge is 0.456 e. The third-order valence-electron chi connectivity index (χ3n) is 3.87. The predicted molar refractivity (Wildman–Crippen MR) is 89.6 cm³/mol. The van der Waals surface area contributed by atoms with Crippen LogP contribution in [0.1, 0.15) is 23.6 Å². The summed E-state index contributed by atoms with van der Waals surface area (Å²) in [6.45, 7) is 2.62. The first-order valence-electron chi connectivity index (χ1n) is 7.74. The topological polar surface area (TPSA) is 59.3 Å². The Morgan fingerprint density at radius 3 is 2.52 bits per heavy atom. The van der Waals surface area contributed by atoms with Crippen molar-refractivity contribution in [3.8, 4) is 5.75 Å². The maximum atomic E-state index is 12.7. The Morgan fingerprint density at radius 1 is 1.08 bits per heavy atom. The molecular weight excluding hydrogens is 331 g/mol. The quantitative estimate of drug-likeness (QED) is 0.782. The number of benzene rings is 2. The van der Waals surface area contributed by atoms with Crippen LogP contribution in [-0.4, -0.2) is 0 Å². The molecule has 0 unspecified atom stereocenters. The first kappa shape index (κ1) is 17.2. The summed E-state index contributed by atoms with van der Waals surface area (Å²) in [6.07, 6.45) is -4.33. The van der Waals surface area contributed by atoms with E-state index < -0.39 is 11.7 Å². The van der Waals surface area contributed by atoms with Crippen molar-refractivity contribution >= 4 is 5.69 Å². The van der Waals surface area contributed by atoms with Crippen LogP contribution in [0.4, 0.5) is 18.9 Å². The van der Waals surface area contributed by atoms with Crippen molar-refractivity contribution in [2.24, 2.45) is 5.73 Å². The van der Waals surface area contributed by atoms with Gasteiger partial charge in [-0.1, -0.05) is 24.3 Å². The summed E-state index contributed by atoms with van der Waals surface area (Å²) in [7, 11) is 0. The molecule has 3 rings (SSSR count). The molecule has 0 aliphatic carbocycles. The molecule has 0 amide bonds. The lowest BCUT2D eigenvalue weighted by molar-refractivity contribution is -0.137. The van der Waals surface area contributed by atoms with Gasteiger partial charge in [-0.25, -0.2) is 0 Å². The van der Waals surface area contributed by atoms with Gasteiger partial charge in [0.15, 0.2) is 5.75 Å². The first-order chi connectivity index (χ1) is 11.8. The predicted octanol–water partition coefficient (Wildman–Crippen LogP) is 3.95. The molecule has 132 valence electrons. The highest BCUT2D eigenvalue weighted by Gasteiger charge is 2.30. The van der Waals surface area contributed by atoms with Crippen molar-refractivity contribution in [1.29, 1.82) is 0 Å². The highest BCUT2D eigenvalue weighted by atomic mass is 19.4. The van der Waals surface area contributed by atoms with Crippen LogP contribution in [0.5, 0.6) is 5.75 Å². The minimum Gasteiger partial charge on any atom is -0.456 e. The van der Waals surface area contributed by atoms with Crippen molar-refractivity contribution in [3.05, 3.63) is 70.7 Å². The van der Waals surface area contributed by atoms with E-state index in [-0.39, 0.29) is 0 Å². The van der Waals surface area contributed by atoms with Crippen LogP contribution in [0.15, 0.2) is 54.0 Å². The average molecular weight is 349 g/mol. The average Bonchev–Trinajstić information content (AvgIpc) is 2.56. The second-order valence-electron chi connectivity index (χ2n) is 5.83. The Hall–Kier alpha value is -2.67. The number of hydrogen-bond acceptors (Lipinski definition) is 4. The summed E-state index contributed by atoms with van der Waals surface area (Å²) in [4.78, 5) is 0. The number of fused-ring (bicyclic) bond motifs is 1. The van der Waals surface area contributed by atoms with E-state index in [1.807, 2.05) is 18.2 Å². The van der Waals surface area contributed by atoms with Crippen LogP contribution in [0.3, 0.4) is 0 Å². The van der Waals surface area contributed by atoms with Gasteiger partial charge in [0.2, 0.25) is 0 Å². The smallest absolute Gasteiger partial charge is 0.416 e. The third kappa shape index (κ3) is 4.06. The third-order valence-corrected chi connectivity index (χ3v) is 3.87. The van der Waals surface area contributed by atoms with Crippen LogP contribution >= 0.6 is 0 Å². The van der Waals surface area contributed by atoms with Gasteiger partial charge < -0.3 is 21.1 Å². The molecule has 0 atom stereocenters. The summed E-state index contributed by atoms with van der Waals surface area (Å²) in [5.74, 6) is 1.76. The fourth-order valence-corrected chi connectivity index (χ4v) is 2.54. The van der Waals surface area contributed by atoms with E-state index in [0.29, 0.717) is 36.0 Å². The van der Waals surface area contributed by atoms with Gasteiger partial charge in [0.25, 0.3) is 0 Å². The van der Waals surface area contributed by atoms with Crippen LogP contribution < -0.4 is 21.1 Å². The number of halogens is 3. The van der Waals surface area contributed by atoms with Gasteiger partial charge in [0.1, 0.15) is 11.6 Å². The maximum Gasteiger partial charge on any atom is 0.416 e. The lowest BCUT2D eigenvalue weighted by Crippen LogP contribution is -2.19. The molecule has 0 bridgehead atoms. The second kappa shape index (κ2) is 6.68. The van der Waals surface area contributed by atoms with Crippen LogP contribution in [0.25, 0.3) is 0 Å². The van der Waals surface area contributed by atoms with Crippen molar-refractivity contribution in [1.82, 2.24) is 5.32 Å². The molecule has 1 heterocycles. The van der Waals surface area contributed by atoms with Gasteiger partial charge in [0, 0.05) is 13.1 Å². The van der Waals surface area contributed by atoms with Gasteiger partial charge in [-0.3, -0.25) is 0 Å². The van der Waals surface area contributed by atoms with Crippen molar-refractivity contribution in [2.45, 2.75) is 26.2 Å². The summed E-state index contributed by atoms with van der Waals surface area (Å²) in [6, 6.07) is 10.9. The van der Waals surface area contributed by atoms with E-state index in [0.717, 1.165) is 23.4 Å². The van der Waals surface area contributed by atoms with E-state index in [2.05, 4.69) is 10.6 Å². The molecule has 0 saturated carbocycles. The molecule has 4 N–H and O–H groups in total. The van der Waals surface area contributed by atoms with E-state index in [4.69, 9.17) is 10.5 Å². The molecule has 0 fully saturated rings. The van der Waals surface area contributed by atoms with Gasteiger partial charge in [-0.2, -0.15) is 13.2 Å². The first-order valence-corrected chi connectivity index (χ1v) is 7.74. The highest BCUT2D eigenvalue weighted by Crippen LogP contribution is 2.32. The highest BCUT2D eigenvalue weighted by molar-refractivity contribution is 5.63. The molecule has 2 aromatic rings. The fraction of sp³-hybridized carbons (Fsp3) is 0.222. The van der Waals surface area contributed by atoms with Crippen molar-refractivity contribution in [2.75, 3.05) is 5.32 Å². The molecule has 4 nitrogen and oxygen atoms in total. The maximum absolute atomic E-state index is 12.7. The molecule has 7 heteroatoms. The molecule has 0 spiro atoms. The molecule has 1 aliphatic heterocycles. The van der Waals surface area contributed by atoms with Crippen molar-refractivity contribution in [3.63, 3.8) is 0 Å². The molecule has 25 heavy (non-hydrogen) atoms. The minimum absolute atomic E-state index is 0.339. The summed E-state index contributed by atoms with van der Waals surface area (Å²) < 4.78 is 43.7. The van der Waals surface area contributed by atoms with Gasteiger partial charge in [-0.15, -0.1) is 0 Å². The lowest BCUT2D eigenvalue weighted by Gasteiger charge is -2.21. The Bertz CT molecular complexity index is 815. The zero-order valence-electron chi connectivity index (χ0n) is 13.6. The number of hydrogen-bond donors (Lipinski definition) is 3. The molecule has 0 radical (unpaired) electrons. The monoisotopic (exact) mass is 349 g/mol. The van der Waals surface area contributed by atoms with Gasteiger partial charge >= 0.3 is 6.18 Å². The van der Waals surface area contributed by atoms with E-state index in [1.54, 1.807) is 13.0 Å². The van der Waals surface area contributed by atoms with E-state index >= 15 is 0 Å². The van der Waals surface area contributed by atoms with E-state index in [9.17, 15) is 13.2 Å². The number of alkyl halides is 3. The number of allylic oxidation sites excluding steroid dienone is 1. The number of ether oxygens (including phenoxy) is 1. The normalized spacial score (nSPS) is 13.9. The van der Waals surface area contributed by atoms with E-state index in [1.165, 1.54) is 6.07 Å². The molecule has 2 aromatic carbocycles. The number of nitrogens with one attached hydrogen (secondary N) is 2. The van der Waals surface area contributed by atoms with Crippen LogP contribution in [0.2, 0.25) is 0 Å². The number of rotatable bonds is 4. The second-order valence-corrected chi connectivity index (χ2v) is 5.83. The minimum atomic E-state index is -4.33. The zero-order valence-corrected chi connectivity index (χ0v) is 13.6. The molecule has 1 aliphatic rings. The van der Waals surface area contributed by atoms with Gasteiger partial charge in [-0.05, 0) is 36.2 Å². The standard InChI is InChI=1S/C18H18F3N3O/c1-11-17(22)24-15-8-13(5-6-16(15)25-11)10-23-9-12-3-2-4-14(7-12)18(19,20)21/h2-8,23-24H,9-10,22H2,1H3. The van der Waals surface area contributed by atoms with Crippen LogP contribution in [0, 0.1) is 0 Å². The Kier molecular flexibility index (Phi) is 4.59. The van der Waals surface area contributed by atoms with Crippen molar-refractivity contribution < 1.29 is 17.9 Å². The molecule has 0 aromatic heterocycles. The Labute approximate surface area is 143 Å². The SMILES string of the molecule is CC1=C(N)Nc2cc(CNCc3cccc(C(F)(F)F)c3)ccc2O1. The molecular formula is C18H18F3N3O. The van der Waals surface area contributed by atoms with Gasteiger partial charge in [0.05, 0.1) is 11.3 Å². The Morgan fingerprint density at radius 2 is 1.80 bits per heavy atom. The summed E-state index contributed by atoms with van der Waals surface area (Å²) >= 11 is 0. The number of nitrogens with two attached hydrogens (primary N) is 1. The van der Waals surface area contributed by atoms with Crippen LogP contribution in [-0.2, 0) is 19.3 Å².